The summed E-state index contributed by atoms with van der Waals surface area (Å²) in [6.07, 6.45) is 2.62. The average molecular weight is 313 g/mol. The number of non-ortho nitro benzene ring substituents is 1. The van der Waals surface area contributed by atoms with Crippen LogP contribution in [0.15, 0.2) is 36.0 Å². The highest BCUT2D eigenvalue weighted by atomic mass is 79.9. The van der Waals surface area contributed by atoms with Crippen molar-refractivity contribution in [3.63, 3.8) is 0 Å². The second-order valence-corrected chi connectivity index (χ2v) is 5.52. The van der Waals surface area contributed by atoms with Gasteiger partial charge in [-0.05, 0) is 12.0 Å². The maximum atomic E-state index is 10.5. The Kier molecular flexibility index (Phi) is 3.86. The maximum absolute atomic E-state index is 10.5. The van der Waals surface area contributed by atoms with Crippen LogP contribution in [-0.2, 0) is 6.42 Å². The minimum atomic E-state index is -0.390. The van der Waals surface area contributed by atoms with E-state index in [1.165, 1.54) is 12.1 Å². The fourth-order valence-corrected chi connectivity index (χ4v) is 2.85. The first-order valence-electron chi connectivity index (χ1n) is 4.92. The predicted octanol–water partition coefficient (Wildman–Crippen LogP) is 3.73. The van der Waals surface area contributed by atoms with Gasteiger partial charge in [0.1, 0.15) is 0 Å². The molecular formula is C11H9BrN2O2S. The van der Waals surface area contributed by atoms with Crippen molar-refractivity contribution in [3.05, 3.63) is 56.5 Å². The first-order chi connectivity index (χ1) is 8.16. The number of nitro groups is 1. The summed E-state index contributed by atoms with van der Waals surface area (Å²) in [5.41, 5.74) is 2.97. The Bertz CT molecular complexity index is 499. The van der Waals surface area contributed by atoms with Crippen LogP contribution in [0.2, 0.25) is 0 Å². The van der Waals surface area contributed by atoms with Crippen molar-refractivity contribution in [3.8, 4) is 0 Å². The van der Waals surface area contributed by atoms with E-state index in [1.807, 2.05) is 6.20 Å². The van der Waals surface area contributed by atoms with Gasteiger partial charge in [-0.15, -0.1) is 11.3 Å². The van der Waals surface area contributed by atoms with E-state index in [4.69, 9.17) is 0 Å². The molecule has 4 nitrogen and oxygen atoms in total. The lowest BCUT2D eigenvalue weighted by Crippen LogP contribution is -1.94. The van der Waals surface area contributed by atoms with Crippen LogP contribution in [0.25, 0.3) is 0 Å². The Hall–Kier alpha value is -1.27. The number of nitro benzene ring substituents is 1. The SMILES string of the molecule is O=[N+]([O-])c1ccc(CC(Br)c2cncs2)cc1. The molecule has 0 aliphatic heterocycles. The van der Waals surface area contributed by atoms with Crippen LogP contribution in [0.5, 0.6) is 0 Å². The number of benzene rings is 1. The van der Waals surface area contributed by atoms with Crippen molar-refractivity contribution in [2.24, 2.45) is 0 Å². The molecule has 6 heteroatoms. The van der Waals surface area contributed by atoms with Crippen molar-refractivity contribution >= 4 is 33.0 Å². The zero-order valence-corrected chi connectivity index (χ0v) is 11.1. The van der Waals surface area contributed by atoms with Crippen LogP contribution in [0.3, 0.4) is 0 Å². The van der Waals surface area contributed by atoms with Crippen LogP contribution in [0, 0.1) is 10.1 Å². The molecule has 1 heterocycles. The summed E-state index contributed by atoms with van der Waals surface area (Å²) in [5.74, 6) is 0. The summed E-state index contributed by atoms with van der Waals surface area (Å²) < 4.78 is 0. The standard InChI is InChI=1S/C11H9BrN2O2S/c12-10(11-6-13-7-17-11)5-8-1-3-9(4-2-8)14(15)16/h1-4,6-7,10H,5H2. The first kappa shape index (κ1) is 12.2. The highest BCUT2D eigenvalue weighted by Crippen LogP contribution is 2.29. The number of nitrogens with zero attached hydrogens (tertiary/aromatic N) is 2. The van der Waals surface area contributed by atoms with Crippen LogP contribution in [-0.4, -0.2) is 9.91 Å². The van der Waals surface area contributed by atoms with Crippen molar-refractivity contribution < 1.29 is 4.92 Å². The molecule has 0 radical (unpaired) electrons. The van der Waals surface area contributed by atoms with Gasteiger partial charge in [-0.3, -0.25) is 15.1 Å². The third-order valence-electron chi connectivity index (χ3n) is 2.32. The lowest BCUT2D eigenvalue weighted by molar-refractivity contribution is -0.384. The molecule has 2 aromatic rings. The zero-order valence-electron chi connectivity index (χ0n) is 8.75. The smallest absolute Gasteiger partial charge is 0.258 e. The molecule has 2 rings (SSSR count). The van der Waals surface area contributed by atoms with E-state index >= 15 is 0 Å². The highest BCUT2D eigenvalue weighted by Gasteiger charge is 2.11. The van der Waals surface area contributed by atoms with Gasteiger partial charge in [-0.1, -0.05) is 28.1 Å². The van der Waals surface area contributed by atoms with Crippen LogP contribution < -0.4 is 0 Å². The highest BCUT2D eigenvalue weighted by molar-refractivity contribution is 9.09. The zero-order chi connectivity index (χ0) is 12.3. The lowest BCUT2D eigenvalue weighted by Gasteiger charge is -2.06. The molecule has 0 saturated carbocycles. The van der Waals surface area contributed by atoms with Crippen LogP contribution >= 0.6 is 27.3 Å². The molecule has 88 valence electrons. The molecule has 1 aromatic heterocycles. The predicted molar refractivity (Wildman–Crippen MR) is 70.6 cm³/mol. The van der Waals surface area contributed by atoms with E-state index in [1.54, 1.807) is 29.0 Å². The van der Waals surface area contributed by atoms with Crippen molar-refractivity contribution in [2.45, 2.75) is 11.2 Å². The van der Waals surface area contributed by atoms with Crippen LogP contribution in [0.1, 0.15) is 15.3 Å². The van der Waals surface area contributed by atoms with Gasteiger partial charge in [0, 0.05) is 23.2 Å². The topological polar surface area (TPSA) is 56.0 Å². The van der Waals surface area contributed by atoms with Crippen molar-refractivity contribution in [1.82, 2.24) is 4.98 Å². The Morgan fingerprint density at radius 1 is 1.41 bits per heavy atom. The van der Waals surface area contributed by atoms with E-state index in [9.17, 15) is 10.1 Å². The lowest BCUT2D eigenvalue weighted by atomic mass is 10.1. The van der Waals surface area contributed by atoms with Gasteiger partial charge in [0.15, 0.2) is 0 Å². The van der Waals surface area contributed by atoms with Crippen molar-refractivity contribution in [2.75, 3.05) is 0 Å². The molecule has 0 N–H and O–H groups in total. The fourth-order valence-electron chi connectivity index (χ4n) is 1.44. The Labute approximate surface area is 111 Å². The molecule has 0 spiro atoms. The first-order valence-corrected chi connectivity index (χ1v) is 6.72. The van der Waals surface area contributed by atoms with Crippen molar-refractivity contribution in [1.29, 1.82) is 0 Å². The molecular weight excluding hydrogens is 304 g/mol. The normalized spacial score (nSPS) is 12.3. The van der Waals surface area contributed by atoms with Gasteiger partial charge in [0.25, 0.3) is 5.69 Å². The van der Waals surface area contributed by atoms with Gasteiger partial charge < -0.3 is 0 Å². The van der Waals surface area contributed by atoms with Gasteiger partial charge >= 0.3 is 0 Å². The monoisotopic (exact) mass is 312 g/mol. The Balaban J connectivity index is 2.06. The minimum Gasteiger partial charge on any atom is -0.258 e. The second kappa shape index (κ2) is 5.37. The molecule has 0 fully saturated rings. The number of hydrogen-bond donors (Lipinski definition) is 0. The average Bonchev–Trinajstić information content (AvgIpc) is 2.83. The molecule has 1 aromatic carbocycles. The number of alkyl halides is 1. The van der Waals surface area contributed by atoms with Gasteiger partial charge in [0.2, 0.25) is 0 Å². The molecule has 0 amide bonds. The Morgan fingerprint density at radius 3 is 2.65 bits per heavy atom. The van der Waals surface area contributed by atoms with Gasteiger partial charge in [-0.25, -0.2) is 0 Å². The van der Waals surface area contributed by atoms with E-state index in [-0.39, 0.29) is 10.5 Å². The molecule has 1 atom stereocenters. The molecule has 1 unspecified atom stereocenters. The van der Waals surface area contributed by atoms with E-state index in [2.05, 4.69) is 20.9 Å². The molecule has 0 aliphatic rings. The molecule has 17 heavy (non-hydrogen) atoms. The number of thiazole rings is 1. The third-order valence-corrected chi connectivity index (χ3v) is 4.33. The number of aromatic nitrogens is 1. The molecule has 0 saturated heterocycles. The maximum Gasteiger partial charge on any atom is 0.269 e. The summed E-state index contributed by atoms with van der Waals surface area (Å²) in [6.45, 7) is 0. The quantitative estimate of drug-likeness (QED) is 0.491. The Morgan fingerprint density at radius 2 is 2.12 bits per heavy atom. The molecule has 0 aliphatic carbocycles. The third kappa shape index (κ3) is 3.10. The summed E-state index contributed by atoms with van der Waals surface area (Å²) in [5, 5.41) is 10.5. The van der Waals surface area contributed by atoms with E-state index < -0.39 is 4.92 Å². The van der Waals surface area contributed by atoms with Gasteiger partial charge in [-0.2, -0.15) is 0 Å². The molecule has 0 bridgehead atoms. The van der Waals surface area contributed by atoms with Gasteiger partial charge in [0.05, 0.1) is 15.3 Å². The summed E-state index contributed by atoms with van der Waals surface area (Å²) >= 11 is 5.18. The minimum absolute atomic E-state index is 0.123. The van der Waals surface area contributed by atoms with E-state index in [0.717, 1.165) is 16.9 Å². The van der Waals surface area contributed by atoms with E-state index in [0.29, 0.717) is 0 Å². The summed E-state index contributed by atoms with van der Waals surface area (Å²) in [4.78, 5) is 15.5. The number of halogens is 1. The summed E-state index contributed by atoms with van der Waals surface area (Å²) in [7, 11) is 0. The largest absolute Gasteiger partial charge is 0.269 e. The summed E-state index contributed by atoms with van der Waals surface area (Å²) in [6, 6.07) is 6.63. The van der Waals surface area contributed by atoms with Crippen LogP contribution in [0.4, 0.5) is 5.69 Å². The number of rotatable bonds is 4. The number of hydrogen-bond acceptors (Lipinski definition) is 4. The second-order valence-electron chi connectivity index (χ2n) is 3.50. The fraction of sp³-hybridized carbons (Fsp3) is 0.182.